The van der Waals surface area contributed by atoms with Crippen LogP contribution in [0.4, 0.5) is 11.6 Å². The SMILES string of the molecule is COc1nc(CNS(=O)(=O)c2ccc(NC(C)=O)cc2)nc(N2CCOCC2)n1. The quantitative estimate of drug-likeness (QED) is 0.639. The molecule has 1 fully saturated rings. The molecule has 0 spiro atoms. The molecule has 11 nitrogen and oxygen atoms in total. The maximum atomic E-state index is 12.6. The molecule has 0 atom stereocenters. The molecule has 3 rings (SSSR count). The highest BCUT2D eigenvalue weighted by atomic mass is 32.2. The van der Waals surface area contributed by atoms with Gasteiger partial charge in [-0.2, -0.15) is 15.0 Å². The van der Waals surface area contributed by atoms with Crippen LogP contribution in [0.2, 0.25) is 0 Å². The minimum Gasteiger partial charge on any atom is -0.467 e. The van der Waals surface area contributed by atoms with E-state index in [0.717, 1.165) is 0 Å². The molecule has 2 aromatic rings. The number of carbonyl (C=O) groups is 1. The van der Waals surface area contributed by atoms with E-state index in [-0.39, 0.29) is 29.2 Å². The monoisotopic (exact) mass is 422 g/mol. The molecule has 12 heteroatoms. The summed E-state index contributed by atoms with van der Waals surface area (Å²) in [4.78, 5) is 25.7. The van der Waals surface area contributed by atoms with Gasteiger partial charge >= 0.3 is 6.01 Å². The Morgan fingerprint density at radius 3 is 2.48 bits per heavy atom. The van der Waals surface area contributed by atoms with Crippen LogP contribution >= 0.6 is 0 Å². The van der Waals surface area contributed by atoms with Crippen LogP contribution in [0.1, 0.15) is 12.7 Å². The minimum absolute atomic E-state index is 0.0565. The van der Waals surface area contributed by atoms with Gasteiger partial charge in [-0.15, -0.1) is 0 Å². The highest BCUT2D eigenvalue weighted by molar-refractivity contribution is 7.89. The predicted octanol–water partition coefficient (Wildman–Crippen LogP) is 0.154. The summed E-state index contributed by atoms with van der Waals surface area (Å²) in [5.74, 6) is 0.407. The molecule has 29 heavy (non-hydrogen) atoms. The summed E-state index contributed by atoms with van der Waals surface area (Å²) < 4.78 is 38.0. The molecular weight excluding hydrogens is 400 g/mol. The number of carbonyl (C=O) groups excluding carboxylic acids is 1. The minimum atomic E-state index is -3.80. The Morgan fingerprint density at radius 2 is 1.86 bits per heavy atom. The maximum absolute atomic E-state index is 12.6. The Balaban J connectivity index is 1.73. The molecule has 1 aromatic carbocycles. The number of hydrogen-bond acceptors (Lipinski definition) is 9. The molecule has 0 saturated carbocycles. The zero-order valence-corrected chi connectivity index (χ0v) is 16.9. The second-order valence-electron chi connectivity index (χ2n) is 6.17. The maximum Gasteiger partial charge on any atom is 0.321 e. The second kappa shape index (κ2) is 9.11. The fourth-order valence-electron chi connectivity index (χ4n) is 2.63. The van der Waals surface area contributed by atoms with E-state index >= 15 is 0 Å². The lowest BCUT2D eigenvalue weighted by molar-refractivity contribution is -0.114. The lowest BCUT2D eigenvalue weighted by Crippen LogP contribution is -2.37. The molecule has 1 aromatic heterocycles. The highest BCUT2D eigenvalue weighted by Gasteiger charge is 2.19. The van der Waals surface area contributed by atoms with Crippen molar-refractivity contribution in [3.63, 3.8) is 0 Å². The lowest BCUT2D eigenvalue weighted by Gasteiger charge is -2.26. The number of rotatable bonds is 7. The van der Waals surface area contributed by atoms with E-state index in [4.69, 9.17) is 9.47 Å². The molecule has 1 aliphatic rings. The van der Waals surface area contributed by atoms with E-state index in [2.05, 4.69) is 25.0 Å². The number of anilines is 2. The normalized spacial score (nSPS) is 14.5. The number of aromatic nitrogens is 3. The van der Waals surface area contributed by atoms with Crippen molar-refractivity contribution in [3.05, 3.63) is 30.1 Å². The van der Waals surface area contributed by atoms with Gasteiger partial charge in [0, 0.05) is 25.7 Å². The van der Waals surface area contributed by atoms with Crippen LogP contribution in [-0.2, 0) is 26.1 Å². The number of nitrogens with zero attached hydrogens (tertiary/aromatic N) is 4. The first-order valence-corrected chi connectivity index (χ1v) is 10.3. The fraction of sp³-hybridized carbons (Fsp3) is 0.412. The van der Waals surface area contributed by atoms with Gasteiger partial charge in [0.05, 0.1) is 31.8 Å². The number of benzene rings is 1. The Bertz CT molecular complexity index is 961. The first kappa shape index (κ1) is 20.9. The number of methoxy groups -OCH3 is 1. The summed E-state index contributed by atoms with van der Waals surface area (Å²) in [6, 6.07) is 5.94. The van der Waals surface area contributed by atoms with Gasteiger partial charge in [-0.05, 0) is 24.3 Å². The third-order valence-electron chi connectivity index (χ3n) is 4.03. The van der Waals surface area contributed by atoms with Crippen LogP contribution in [0.3, 0.4) is 0 Å². The van der Waals surface area contributed by atoms with Gasteiger partial charge in [0.1, 0.15) is 0 Å². The van der Waals surface area contributed by atoms with Crippen molar-refractivity contribution in [2.75, 3.05) is 43.6 Å². The van der Waals surface area contributed by atoms with E-state index in [0.29, 0.717) is 37.9 Å². The molecule has 1 aliphatic heterocycles. The van der Waals surface area contributed by atoms with Gasteiger partial charge in [0.25, 0.3) is 0 Å². The molecule has 0 radical (unpaired) electrons. The molecule has 2 heterocycles. The van der Waals surface area contributed by atoms with Crippen LogP contribution < -0.4 is 19.7 Å². The predicted molar refractivity (Wildman–Crippen MR) is 104 cm³/mol. The van der Waals surface area contributed by atoms with E-state index in [1.54, 1.807) is 0 Å². The molecule has 2 N–H and O–H groups in total. The highest BCUT2D eigenvalue weighted by Crippen LogP contribution is 2.16. The number of sulfonamides is 1. The summed E-state index contributed by atoms with van der Waals surface area (Å²) in [5, 5.41) is 2.58. The number of morpholine rings is 1. The Kier molecular flexibility index (Phi) is 6.56. The molecule has 0 bridgehead atoms. The van der Waals surface area contributed by atoms with Crippen LogP contribution in [-0.4, -0.2) is 62.7 Å². The van der Waals surface area contributed by atoms with E-state index < -0.39 is 10.0 Å². The van der Waals surface area contributed by atoms with Gasteiger partial charge in [-0.1, -0.05) is 0 Å². The Morgan fingerprint density at radius 1 is 1.17 bits per heavy atom. The van der Waals surface area contributed by atoms with Crippen LogP contribution in [0.25, 0.3) is 0 Å². The average Bonchev–Trinajstić information content (AvgIpc) is 2.73. The molecule has 0 unspecified atom stereocenters. The largest absolute Gasteiger partial charge is 0.467 e. The molecular formula is C17H22N6O5S. The summed E-state index contributed by atoms with van der Waals surface area (Å²) >= 11 is 0. The molecule has 1 saturated heterocycles. The zero-order chi connectivity index (χ0) is 20.9. The molecule has 0 aliphatic carbocycles. The second-order valence-corrected chi connectivity index (χ2v) is 7.93. The summed E-state index contributed by atoms with van der Waals surface area (Å²) in [6.45, 7) is 3.61. The van der Waals surface area contributed by atoms with Gasteiger partial charge in [0.2, 0.25) is 21.9 Å². The van der Waals surface area contributed by atoms with Crippen LogP contribution in [0, 0.1) is 0 Å². The first-order valence-electron chi connectivity index (χ1n) is 8.86. The molecule has 156 valence electrons. The van der Waals surface area contributed by atoms with E-state index in [1.807, 2.05) is 4.90 Å². The van der Waals surface area contributed by atoms with Crippen molar-refractivity contribution in [1.29, 1.82) is 0 Å². The third-order valence-corrected chi connectivity index (χ3v) is 5.45. The van der Waals surface area contributed by atoms with Crippen LogP contribution in [0.15, 0.2) is 29.2 Å². The zero-order valence-electron chi connectivity index (χ0n) is 16.1. The average molecular weight is 422 g/mol. The van der Waals surface area contributed by atoms with Crippen molar-refractivity contribution < 1.29 is 22.7 Å². The van der Waals surface area contributed by atoms with Gasteiger partial charge in [-0.25, -0.2) is 13.1 Å². The number of nitrogens with one attached hydrogen (secondary N) is 2. The smallest absolute Gasteiger partial charge is 0.321 e. The van der Waals surface area contributed by atoms with Crippen molar-refractivity contribution in [3.8, 4) is 6.01 Å². The van der Waals surface area contributed by atoms with Gasteiger partial charge < -0.3 is 19.7 Å². The lowest BCUT2D eigenvalue weighted by atomic mass is 10.3. The van der Waals surface area contributed by atoms with Crippen LogP contribution in [0.5, 0.6) is 6.01 Å². The van der Waals surface area contributed by atoms with Gasteiger partial charge in [-0.3, -0.25) is 4.79 Å². The van der Waals surface area contributed by atoms with Crippen molar-refractivity contribution in [2.24, 2.45) is 0 Å². The number of ether oxygens (including phenoxy) is 2. The third kappa shape index (κ3) is 5.59. The summed E-state index contributed by atoms with van der Waals surface area (Å²) in [5.41, 5.74) is 0.508. The standard InChI is InChI=1S/C17H22N6O5S/c1-12(24)19-13-3-5-14(6-4-13)29(25,26)18-11-15-20-16(22-17(21-15)27-2)23-7-9-28-10-8-23/h3-6,18H,7-11H2,1-2H3,(H,19,24). The van der Waals surface area contributed by atoms with Crippen molar-refractivity contribution >= 4 is 27.6 Å². The number of hydrogen-bond donors (Lipinski definition) is 2. The molecule has 1 amide bonds. The topological polar surface area (TPSA) is 136 Å². The van der Waals surface area contributed by atoms with Crippen molar-refractivity contribution in [2.45, 2.75) is 18.4 Å². The van der Waals surface area contributed by atoms with E-state index in [9.17, 15) is 13.2 Å². The Labute approximate surface area is 168 Å². The summed E-state index contributed by atoms with van der Waals surface area (Å²) in [6.07, 6.45) is 0. The Hall–Kier alpha value is -2.83. The van der Waals surface area contributed by atoms with E-state index in [1.165, 1.54) is 38.3 Å². The van der Waals surface area contributed by atoms with Crippen molar-refractivity contribution in [1.82, 2.24) is 19.7 Å². The summed E-state index contributed by atoms with van der Waals surface area (Å²) in [7, 11) is -2.36. The fourth-order valence-corrected chi connectivity index (χ4v) is 3.61. The van der Waals surface area contributed by atoms with Gasteiger partial charge in [0.15, 0.2) is 5.82 Å². The number of amides is 1. The first-order chi connectivity index (χ1) is 13.9.